The van der Waals surface area contributed by atoms with Crippen LogP contribution >= 0.6 is 23.2 Å². The molecule has 1 aromatic heterocycles. The van der Waals surface area contributed by atoms with Crippen LogP contribution in [0.4, 0.5) is 10.1 Å². The molecule has 3 aromatic rings. The van der Waals surface area contributed by atoms with Gasteiger partial charge in [-0.15, -0.1) is 0 Å². The molecule has 0 aliphatic carbocycles. The molecule has 4 rings (SSSR count). The number of hydrogen-bond donors (Lipinski definition) is 1. The van der Waals surface area contributed by atoms with Crippen LogP contribution in [0.1, 0.15) is 5.76 Å². The number of hydrazine groups is 1. The number of halogens is 3. The molecule has 0 atom stereocenters. The van der Waals surface area contributed by atoms with Crippen molar-refractivity contribution >= 4 is 46.8 Å². The van der Waals surface area contributed by atoms with E-state index in [0.717, 1.165) is 5.01 Å². The highest BCUT2D eigenvalue weighted by Crippen LogP contribution is 2.34. The molecule has 8 heteroatoms. The standard InChI is InChI=1S/C20H11Cl2FN2O3/c21-16-3-1-2-14(18(16)22)17-9-8-13(28-17)10-15-19(26)24-25(20(15)27)12-6-4-11(23)5-7-12/h1-10H,(H,24,26)/b15-10-. The van der Waals surface area contributed by atoms with E-state index in [1.165, 1.54) is 30.3 Å². The molecule has 0 spiro atoms. The fraction of sp³-hybridized carbons (Fsp3) is 0. The van der Waals surface area contributed by atoms with Crippen LogP contribution in [0.5, 0.6) is 0 Å². The molecule has 0 unspecified atom stereocenters. The highest BCUT2D eigenvalue weighted by Gasteiger charge is 2.34. The SMILES string of the molecule is O=C1NN(c2ccc(F)cc2)C(=O)/C1=C\c1ccc(-c2cccc(Cl)c2Cl)o1. The van der Waals surface area contributed by atoms with Gasteiger partial charge in [0.05, 0.1) is 15.7 Å². The second-order valence-electron chi connectivity index (χ2n) is 5.92. The summed E-state index contributed by atoms with van der Waals surface area (Å²) in [6.45, 7) is 0. The van der Waals surface area contributed by atoms with Crippen molar-refractivity contribution < 1.29 is 18.4 Å². The molecule has 1 aliphatic rings. The number of rotatable bonds is 3. The van der Waals surface area contributed by atoms with E-state index in [1.807, 2.05) is 0 Å². The predicted molar refractivity (Wildman–Crippen MR) is 104 cm³/mol. The highest BCUT2D eigenvalue weighted by atomic mass is 35.5. The lowest BCUT2D eigenvalue weighted by Gasteiger charge is -2.14. The summed E-state index contributed by atoms with van der Waals surface area (Å²) >= 11 is 12.2. The second kappa shape index (κ2) is 7.14. The molecule has 2 aromatic carbocycles. The van der Waals surface area contributed by atoms with Gasteiger partial charge in [0, 0.05) is 5.56 Å². The maximum Gasteiger partial charge on any atom is 0.282 e. The highest BCUT2D eigenvalue weighted by molar-refractivity contribution is 6.43. The first kappa shape index (κ1) is 18.3. The minimum atomic E-state index is -0.590. The Kier molecular flexibility index (Phi) is 4.66. The molecule has 0 saturated carbocycles. The topological polar surface area (TPSA) is 62.6 Å². The maximum atomic E-state index is 13.1. The number of nitrogens with one attached hydrogen (secondary N) is 1. The van der Waals surface area contributed by atoms with Gasteiger partial charge >= 0.3 is 0 Å². The van der Waals surface area contributed by atoms with Gasteiger partial charge in [-0.05, 0) is 54.6 Å². The van der Waals surface area contributed by atoms with Gasteiger partial charge in [-0.1, -0.05) is 29.3 Å². The number of benzene rings is 2. The first-order valence-electron chi connectivity index (χ1n) is 8.11. The lowest BCUT2D eigenvalue weighted by molar-refractivity contribution is -0.117. The van der Waals surface area contributed by atoms with Crippen molar-refractivity contribution in [3.8, 4) is 11.3 Å². The predicted octanol–water partition coefficient (Wildman–Crippen LogP) is 4.85. The molecule has 0 radical (unpaired) electrons. The third-order valence-electron chi connectivity index (χ3n) is 4.11. The number of carbonyl (C=O) groups is 2. The fourth-order valence-electron chi connectivity index (χ4n) is 2.74. The van der Waals surface area contributed by atoms with Crippen LogP contribution in [0.3, 0.4) is 0 Å². The summed E-state index contributed by atoms with van der Waals surface area (Å²) in [6, 6.07) is 13.6. The second-order valence-corrected chi connectivity index (χ2v) is 6.70. The lowest BCUT2D eigenvalue weighted by Crippen LogP contribution is -2.35. The number of hydrogen-bond acceptors (Lipinski definition) is 3. The monoisotopic (exact) mass is 416 g/mol. The largest absolute Gasteiger partial charge is 0.457 e. The summed E-state index contributed by atoms with van der Waals surface area (Å²) in [6.07, 6.45) is 1.34. The zero-order valence-electron chi connectivity index (χ0n) is 14.1. The first-order chi connectivity index (χ1) is 13.4. The Balaban J connectivity index is 1.63. The van der Waals surface area contributed by atoms with E-state index in [9.17, 15) is 14.0 Å². The molecule has 2 heterocycles. The van der Waals surface area contributed by atoms with Gasteiger partial charge in [-0.25, -0.2) is 9.40 Å². The van der Waals surface area contributed by atoms with E-state index < -0.39 is 17.6 Å². The molecular weight excluding hydrogens is 406 g/mol. The van der Waals surface area contributed by atoms with Crippen molar-refractivity contribution in [3.05, 3.63) is 81.8 Å². The third kappa shape index (κ3) is 3.28. The molecule has 0 bridgehead atoms. The maximum absolute atomic E-state index is 13.1. The Morgan fingerprint density at radius 1 is 1.00 bits per heavy atom. The molecule has 28 heavy (non-hydrogen) atoms. The van der Waals surface area contributed by atoms with E-state index in [0.29, 0.717) is 32.8 Å². The minimum absolute atomic E-state index is 0.109. The zero-order chi connectivity index (χ0) is 19.8. The fourth-order valence-corrected chi connectivity index (χ4v) is 3.13. The van der Waals surface area contributed by atoms with E-state index >= 15 is 0 Å². The molecular formula is C20H11Cl2FN2O3. The third-order valence-corrected chi connectivity index (χ3v) is 4.93. The minimum Gasteiger partial charge on any atom is -0.457 e. The molecule has 1 fully saturated rings. The van der Waals surface area contributed by atoms with E-state index in [4.69, 9.17) is 27.6 Å². The van der Waals surface area contributed by atoms with Crippen LogP contribution in [-0.2, 0) is 9.59 Å². The molecule has 5 nitrogen and oxygen atoms in total. The summed E-state index contributed by atoms with van der Waals surface area (Å²) < 4.78 is 18.8. The lowest BCUT2D eigenvalue weighted by atomic mass is 10.2. The van der Waals surface area contributed by atoms with Crippen molar-refractivity contribution in [1.82, 2.24) is 5.43 Å². The summed E-state index contributed by atoms with van der Waals surface area (Å²) in [4.78, 5) is 24.8. The molecule has 140 valence electrons. The van der Waals surface area contributed by atoms with E-state index in [2.05, 4.69) is 5.43 Å². The Morgan fingerprint density at radius 2 is 1.75 bits per heavy atom. The van der Waals surface area contributed by atoms with Crippen LogP contribution in [0.2, 0.25) is 10.0 Å². The molecule has 1 aliphatic heterocycles. The van der Waals surface area contributed by atoms with Crippen molar-refractivity contribution in [1.29, 1.82) is 0 Å². The van der Waals surface area contributed by atoms with Gasteiger partial charge in [-0.3, -0.25) is 15.0 Å². The quantitative estimate of drug-likeness (QED) is 0.490. The van der Waals surface area contributed by atoms with Crippen LogP contribution in [0, 0.1) is 5.82 Å². The number of amides is 2. The van der Waals surface area contributed by atoms with Gasteiger partial charge < -0.3 is 4.42 Å². The zero-order valence-corrected chi connectivity index (χ0v) is 15.6. The number of furan rings is 1. The van der Waals surface area contributed by atoms with Gasteiger partial charge in [0.25, 0.3) is 11.8 Å². The average molecular weight is 417 g/mol. The van der Waals surface area contributed by atoms with E-state index in [-0.39, 0.29) is 5.57 Å². The first-order valence-corrected chi connectivity index (χ1v) is 8.86. The van der Waals surface area contributed by atoms with Crippen molar-refractivity contribution in [3.63, 3.8) is 0 Å². The summed E-state index contributed by atoms with van der Waals surface area (Å²) in [5, 5.41) is 1.77. The molecule has 1 N–H and O–H groups in total. The summed E-state index contributed by atoms with van der Waals surface area (Å²) in [5.74, 6) is -0.866. The van der Waals surface area contributed by atoms with Gasteiger partial charge in [0.1, 0.15) is 22.9 Å². The average Bonchev–Trinajstić information content (AvgIpc) is 3.25. The molecule has 1 saturated heterocycles. The number of carbonyl (C=O) groups excluding carboxylic acids is 2. The van der Waals surface area contributed by atoms with Crippen molar-refractivity contribution in [2.45, 2.75) is 0 Å². The Morgan fingerprint density at radius 3 is 2.50 bits per heavy atom. The van der Waals surface area contributed by atoms with Gasteiger partial charge in [-0.2, -0.15) is 0 Å². The summed E-state index contributed by atoms with van der Waals surface area (Å²) in [5.41, 5.74) is 3.26. The van der Waals surface area contributed by atoms with Crippen LogP contribution in [0.15, 0.2) is 64.6 Å². The smallest absolute Gasteiger partial charge is 0.282 e. The van der Waals surface area contributed by atoms with Gasteiger partial charge in [0.2, 0.25) is 0 Å². The van der Waals surface area contributed by atoms with Crippen molar-refractivity contribution in [2.75, 3.05) is 5.01 Å². The number of nitrogens with zero attached hydrogens (tertiary/aromatic N) is 1. The van der Waals surface area contributed by atoms with E-state index in [1.54, 1.807) is 30.3 Å². The van der Waals surface area contributed by atoms with Crippen LogP contribution in [-0.4, -0.2) is 11.8 Å². The van der Waals surface area contributed by atoms with Gasteiger partial charge in [0.15, 0.2) is 0 Å². The Bertz CT molecular complexity index is 1120. The Hall–Kier alpha value is -3.09. The van der Waals surface area contributed by atoms with Crippen LogP contribution in [0.25, 0.3) is 17.4 Å². The number of anilines is 1. The molecule has 2 amide bonds. The van der Waals surface area contributed by atoms with Crippen molar-refractivity contribution in [2.24, 2.45) is 0 Å². The normalized spacial score (nSPS) is 15.4. The van der Waals surface area contributed by atoms with Crippen LogP contribution < -0.4 is 10.4 Å². The summed E-state index contributed by atoms with van der Waals surface area (Å²) in [7, 11) is 0. The Labute approximate surface area is 168 Å².